The number of hydrogen-bond donors (Lipinski definition) is 1. The smallest absolute Gasteiger partial charge is 0.335 e. The third-order valence-electron chi connectivity index (χ3n) is 2.34. The van der Waals surface area contributed by atoms with E-state index in [9.17, 15) is 4.79 Å². The Kier molecular flexibility index (Phi) is 3.27. The number of aryl methyl sites for hydroxylation is 2. The number of ether oxygens (including phenoxy) is 1. The molecule has 0 aliphatic rings. The Morgan fingerprint density at radius 1 is 1.39 bits per heavy atom. The molecule has 1 N–H and O–H groups in total. The number of rotatable bonds is 4. The number of nitrogens with zero attached hydrogens (tertiary/aromatic N) is 2. The molecule has 0 saturated carbocycles. The molecule has 0 aliphatic carbocycles. The van der Waals surface area contributed by atoms with E-state index in [1.165, 1.54) is 6.07 Å². The van der Waals surface area contributed by atoms with Crippen LogP contribution in [0.15, 0.2) is 22.6 Å². The van der Waals surface area contributed by atoms with Gasteiger partial charge in [-0.3, -0.25) is 0 Å². The van der Waals surface area contributed by atoms with Gasteiger partial charge in [0.2, 0.25) is 5.89 Å². The summed E-state index contributed by atoms with van der Waals surface area (Å²) in [5.41, 5.74) is 0.972. The molecule has 1 aromatic heterocycles. The molecule has 94 valence electrons. The SMILES string of the molecule is Cc1nnc(COc2ccc(C(=O)O)cc2C)o1. The molecule has 0 amide bonds. The summed E-state index contributed by atoms with van der Waals surface area (Å²) in [4.78, 5) is 10.8. The van der Waals surface area contributed by atoms with E-state index in [2.05, 4.69) is 10.2 Å². The molecule has 0 bridgehead atoms. The van der Waals surface area contributed by atoms with Crippen molar-refractivity contribution in [2.24, 2.45) is 0 Å². The highest BCUT2D eigenvalue weighted by molar-refractivity contribution is 5.88. The number of carboxylic acids is 1. The molecule has 0 atom stereocenters. The minimum atomic E-state index is -0.961. The number of carbonyl (C=O) groups is 1. The monoisotopic (exact) mass is 248 g/mol. The molecule has 1 aromatic carbocycles. The summed E-state index contributed by atoms with van der Waals surface area (Å²) in [6, 6.07) is 4.66. The highest BCUT2D eigenvalue weighted by Gasteiger charge is 2.08. The number of benzene rings is 1. The maximum atomic E-state index is 10.8. The van der Waals surface area contributed by atoms with Gasteiger partial charge in [0.15, 0.2) is 6.61 Å². The second kappa shape index (κ2) is 4.87. The van der Waals surface area contributed by atoms with Crippen LogP contribution in [-0.2, 0) is 6.61 Å². The molecule has 0 unspecified atom stereocenters. The fraction of sp³-hybridized carbons (Fsp3) is 0.250. The van der Waals surface area contributed by atoms with Crippen LogP contribution in [0.5, 0.6) is 5.75 Å². The van der Waals surface area contributed by atoms with Crippen LogP contribution in [0.1, 0.15) is 27.7 Å². The Morgan fingerprint density at radius 3 is 2.72 bits per heavy atom. The highest BCUT2D eigenvalue weighted by atomic mass is 16.5. The van der Waals surface area contributed by atoms with E-state index in [0.717, 1.165) is 5.56 Å². The zero-order chi connectivity index (χ0) is 13.1. The minimum absolute atomic E-state index is 0.161. The van der Waals surface area contributed by atoms with Crippen LogP contribution in [0.25, 0.3) is 0 Å². The van der Waals surface area contributed by atoms with Crippen LogP contribution >= 0.6 is 0 Å². The Bertz CT molecular complexity index is 577. The van der Waals surface area contributed by atoms with E-state index in [0.29, 0.717) is 17.5 Å². The zero-order valence-electron chi connectivity index (χ0n) is 10.0. The van der Waals surface area contributed by atoms with E-state index in [1.807, 2.05) is 0 Å². The number of aromatic nitrogens is 2. The van der Waals surface area contributed by atoms with Gasteiger partial charge in [-0.1, -0.05) is 0 Å². The molecule has 0 aliphatic heterocycles. The molecule has 2 rings (SSSR count). The number of hydrogen-bond acceptors (Lipinski definition) is 5. The van der Waals surface area contributed by atoms with Crippen LogP contribution in [0.3, 0.4) is 0 Å². The van der Waals surface area contributed by atoms with Crippen LogP contribution in [0, 0.1) is 13.8 Å². The topological polar surface area (TPSA) is 85.5 Å². The van der Waals surface area contributed by atoms with E-state index in [4.69, 9.17) is 14.3 Å². The summed E-state index contributed by atoms with van der Waals surface area (Å²) in [5.74, 6) is 0.494. The summed E-state index contributed by atoms with van der Waals surface area (Å²) in [7, 11) is 0. The van der Waals surface area contributed by atoms with Crippen LogP contribution in [-0.4, -0.2) is 21.3 Å². The van der Waals surface area contributed by atoms with Crippen molar-refractivity contribution in [1.82, 2.24) is 10.2 Å². The first-order chi connectivity index (χ1) is 8.56. The molecule has 0 fully saturated rings. The maximum absolute atomic E-state index is 10.8. The molecule has 1 heterocycles. The van der Waals surface area contributed by atoms with Crippen molar-refractivity contribution in [3.05, 3.63) is 41.1 Å². The first-order valence-corrected chi connectivity index (χ1v) is 5.32. The Labute approximate surface area is 103 Å². The van der Waals surface area contributed by atoms with Gasteiger partial charge in [0.05, 0.1) is 5.56 Å². The standard InChI is InChI=1S/C12H12N2O4/c1-7-5-9(12(15)16)3-4-10(7)17-6-11-14-13-8(2)18-11/h3-5H,6H2,1-2H3,(H,15,16). The normalized spacial score (nSPS) is 10.3. The van der Waals surface area contributed by atoms with Crippen molar-refractivity contribution < 1.29 is 19.1 Å². The summed E-state index contributed by atoms with van der Waals surface area (Å²) >= 11 is 0. The molecule has 0 spiro atoms. The third kappa shape index (κ3) is 2.65. The maximum Gasteiger partial charge on any atom is 0.335 e. The minimum Gasteiger partial charge on any atom is -0.484 e. The fourth-order valence-corrected chi connectivity index (χ4v) is 1.48. The highest BCUT2D eigenvalue weighted by Crippen LogP contribution is 2.20. The van der Waals surface area contributed by atoms with Gasteiger partial charge in [0.25, 0.3) is 5.89 Å². The van der Waals surface area contributed by atoms with Crippen LogP contribution < -0.4 is 4.74 Å². The number of aromatic carboxylic acids is 1. The van der Waals surface area contributed by atoms with Gasteiger partial charge in [0.1, 0.15) is 5.75 Å². The summed E-state index contributed by atoms with van der Waals surface area (Å²) in [5, 5.41) is 16.3. The van der Waals surface area contributed by atoms with Gasteiger partial charge in [-0.15, -0.1) is 10.2 Å². The molecular weight excluding hydrogens is 236 g/mol. The van der Waals surface area contributed by atoms with Crippen LogP contribution in [0.2, 0.25) is 0 Å². The first-order valence-electron chi connectivity index (χ1n) is 5.32. The van der Waals surface area contributed by atoms with Crippen molar-refractivity contribution in [2.45, 2.75) is 20.5 Å². The van der Waals surface area contributed by atoms with E-state index in [-0.39, 0.29) is 12.2 Å². The lowest BCUT2D eigenvalue weighted by molar-refractivity contribution is 0.0696. The largest absolute Gasteiger partial charge is 0.484 e. The van der Waals surface area contributed by atoms with Crippen molar-refractivity contribution in [1.29, 1.82) is 0 Å². The average molecular weight is 248 g/mol. The van der Waals surface area contributed by atoms with Gasteiger partial charge in [-0.25, -0.2) is 4.79 Å². The second-order valence-corrected chi connectivity index (χ2v) is 3.79. The predicted octanol–water partition coefficient (Wildman–Crippen LogP) is 1.96. The predicted molar refractivity (Wildman–Crippen MR) is 61.5 cm³/mol. The van der Waals surface area contributed by atoms with E-state index < -0.39 is 5.97 Å². The Morgan fingerprint density at radius 2 is 2.17 bits per heavy atom. The molecule has 6 nitrogen and oxygen atoms in total. The summed E-state index contributed by atoms with van der Waals surface area (Å²) in [6.45, 7) is 3.64. The average Bonchev–Trinajstić information content (AvgIpc) is 2.73. The zero-order valence-corrected chi connectivity index (χ0v) is 10.0. The van der Waals surface area contributed by atoms with Crippen molar-refractivity contribution in [2.75, 3.05) is 0 Å². The molecule has 18 heavy (non-hydrogen) atoms. The lowest BCUT2D eigenvalue weighted by Crippen LogP contribution is -2.00. The van der Waals surface area contributed by atoms with Gasteiger partial charge >= 0.3 is 5.97 Å². The van der Waals surface area contributed by atoms with Gasteiger partial charge in [-0.05, 0) is 30.7 Å². The van der Waals surface area contributed by atoms with E-state index >= 15 is 0 Å². The van der Waals surface area contributed by atoms with Gasteiger partial charge in [0, 0.05) is 6.92 Å². The molecule has 0 radical (unpaired) electrons. The van der Waals surface area contributed by atoms with Crippen LogP contribution in [0.4, 0.5) is 0 Å². The fourth-order valence-electron chi connectivity index (χ4n) is 1.48. The summed E-state index contributed by atoms with van der Waals surface area (Å²) in [6.07, 6.45) is 0. The van der Waals surface area contributed by atoms with Gasteiger partial charge < -0.3 is 14.3 Å². The molecule has 6 heteroatoms. The second-order valence-electron chi connectivity index (χ2n) is 3.79. The molecule has 2 aromatic rings. The first kappa shape index (κ1) is 12.1. The molecule has 0 saturated heterocycles. The third-order valence-corrected chi connectivity index (χ3v) is 2.34. The van der Waals surface area contributed by atoms with Crippen molar-refractivity contribution in [3.8, 4) is 5.75 Å². The van der Waals surface area contributed by atoms with Crippen molar-refractivity contribution >= 4 is 5.97 Å². The number of carboxylic acid groups (broad SMARTS) is 1. The lowest BCUT2D eigenvalue weighted by atomic mass is 10.1. The molecular formula is C12H12N2O4. The lowest BCUT2D eigenvalue weighted by Gasteiger charge is -2.07. The Balaban J connectivity index is 2.08. The quantitative estimate of drug-likeness (QED) is 0.890. The van der Waals surface area contributed by atoms with Gasteiger partial charge in [-0.2, -0.15) is 0 Å². The Hall–Kier alpha value is -2.37. The summed E-state index contributed by atoms with van der Waals surface area (Å²) < 4.78 is 10.6. The van der Waals surface area contributed by atoms with E-state index in [1.54, 1.807) is 26.0 Å². The van der Waals surface area contributed by atoms with Crippen molar-refractivity contribution in [3.63, 3.8) is 0 Å².